The first-order valence-electron chi connectivity index (χ1n) is 8.00. The molecular formula is C17H22N4O2S. The first-order valence-corrected chi connectivity index (χ1v) is 8.98. The molecule has 0 bridgehead atoms. The van der Waals surface area contributed by atoms with Gasteiger partial charge in [0.2, 0.25) is 5.91 Å². The van der Waals surface area contributed by atoms with E-state index in [1.54, 1.807) is 35.2 Å². The Morgan fingerprint density at radius 2 is 1.96 bits per heavy atom. The van der Waals surface area contributed by atoms with Crippen molar-refractivity contribution in [1.29, 1.82) is 0 Å². The zero-order chi connectivity index (χ0) is 17.4. The van der Waals surface area contributed by atoms with Crippen LogP contribution in [0.2, 0.25) is 0 Å². The van der Waals surface area contributed by atoms with E-state index in [0.29, 0.717) is 28.6 Å². The zero-order valence-corrected chi connectivity index (χ0v) is 14.8. The third-order valence-corrected chi connectivity index (χ3v) is 4.53. The molecular weight excluding hydrogens is 324 g/mol. The van der Waals surface area contributed by atoms with Crippen molar-refractivity contribution in [3.8, 4) is 0 Å². The summed E-state index contributed by atoms with van der Waals surface area (Å²) in [6.45, 7) is 2.11. The predicted octanol–water partition coefficient (Wildman–Crippen LogP) is 3.31. The summed E-state index contributed by atoms with van der Waals surface area (Å²) in [7, 11) is 1.84. The van der Waals surface area contributed by atoms with Gasteiger partial charge in [-0.2, -0.15) is 0 Å². The van der Waals surface area contributed by atoms with Crippen LogP contribution in [0.3, 0.4) is 0 Å². The minimum absolute atomic E-state index is 0.0142. The fourth-order valence-electron chi connectivity index (χ4n) is 2.12. The molecule has 0 spiro atoms. The van der Waals surface area contributed by atoms with Crippen LogP contribution in [0.5, 0.6) is 0 Å². The summed E-state index contributed by atoms with van der Waals surface area (Å²) >= 11 is 1.35. The molecule has 0 unspecified atom stereocenters. The average molecular weight is 346 g/mol. The Kier molecular flexibility index (Phi) is 6.99. The number of amides is 1. The minimum atomic E-state index is 0.0142. The number of unbranched alkanes of at least 4 members (excludes halogenated alkanes) is 2. The van der Waals surface area contributed by atoms with Gasteiger partial charge in [0.15, 0.2) is 10.9 Å². The summed E-state index contributed by atoms with van der Waals surface area (Å²) in [5.74, 6) is 0.333. The molecule has 0 aliphatic carbocycles. The van der Waals surface area contributed by atoms with Crippen LogP contribution in [0.15, 0.2) is 35.7 Å². The second-order valence-electron chi connectivity index (χ2n) is 5.52. The molecule has 128 valence electrons. The number of hydrogen-bond donors (Lipinski definition) is 1. The molecule has 2 rings (SSSR count). The number of ketones is 1. The first-order chi connectivity index (χ1) is 11.6. The van der Waals surface area contributed by atoms with Gasteiger partial charge in [-0.15, -0.1) is 10.2 Å². The second kappa shape index (κ2) is 9.22. The van der Waals surface area contributed by atoms with Gasteiger partial charge in [0.25, 0.3) is 0 Å². The van der Waals surface area contributed by atoms with E-state index in [1.807, 2.05) is 7.05 Å². The van der Waals surface area contributed by atoms with Gasteiger partial charge in [-0.1, -0.05) is 31.5 Å². The summed E-state index contributed by atoms with van der Waals surface area (Å²) in [4.78, 5) is 24.0. The SMILES string of the molecule is CCCCCC(=O)Nc1ccc(C(=O)CSc2nncn2C)cc1. The van der Waals surface area contributed by atoms with Crippen LogP contribution < -0.4 is 5.32 Å². The van der Waals surface area contributed by atoms with E-state index >= 15 is 0 Å². The van der Waals surface area contributed by atoms with Gasteiger partial charge in [-0.3, -0.25) is 9.59 Å². The molecule has 1 N–H and O–H groups in total. The number of thioether (sulfide) groups is 1. The monoisotopic (exact) mass is 346 g/mol. The van der Waals surface area contributed by atoms with Crippen LogP contribution in [0, 0.1) is 0 Å². The highest BCUT2D eigenvalue weighted by molar-refractivity contribution is 7.99. The molecule has 6 nitrogen and oxygen atoms in total. The third-order valence-electron chi connectivity index (χ3n) is 3.50. The Bertz CT molecular complexity index is 682. The van der Waals surface area contributed by atoms with Crippen molar-refractivity contribution in [2.24, 2.45) is 7.05 Å². The molecule has 2 aromatic rings. The number of anilines is 1. The largest absolute Gasteiger partial charge is 0.326 e. The molecule has 0 aliphatic heterocycles. The lowest BCUT2D eigenvalue weighted by molar-refractivity contribution is -0.116. The van der Waals surface area contributed by atoms with E-state index in [0.717, 1.165) is 19.3 Å². The molecule has 24 heavy (non-hydrogen) atoms. The maximum Gasteiger partial charge on any atom is 0.224 e. The number of carbonyl (C=O) groups is 2. The smallest absolute Gasteiger partial charge is 0.224 e. The van der Waals surface area contributed by atoms with Crippen molar-refractivity contribution in [3.63, 3.8) is 0 Å². The molecule has 1 amide bonds. The summed E-state index contributed by atoms with van der Waals surface area (Å²) in [6, 6.07) is 7.00. The fraction of sp³-hybridized carbons (Fsp3) is 0.412. The Labute approximate surface area is 146 Å². The molecule has 0 saturated heterocycles. The summed E-state index contributed by atoms with van der Waals surface area (Å²) in [6.07, 6.45) is 5.19. The van der Waals surface area contributed by atoms with E-state index in [9.17, 15) is 9.59 Å². The van der Waals surface area contributed by atoms with Crippen molar-refractivity contribution in [2.45, 2.75) is 37.8 Å². The van der Waals surface area contributed by atoms with Crippen LogP contribution in [0.4, 0.5) is 5.69 Å². The highest BCUT2D eigenvalue weighted by Crippen LogP contribution is 2.17. The maximum atomic E-state index is 12.2. The Morgan fingerprint density at radius 1 is 1.21 bits per heavy atom. The van der Waals surface area contributed by atoms with Crippen molar-refractivity contribution >= 4 is 29.1 Å². The van der Waals surface area contributed by atoms with Gasteiger partial charge in [0.1, 0.15) is 6.33 Å². The van der Waals surface area contributed by atoms with E-state index < -0.39 is 0 Å². The molecule has 1 aromatic heterocycles. The number of hydrogen-bond acceptors (Lipinski definition) is 5. The predicted molar refractivity (Wildman–Crippen MR) is 95.3 cm³/mol. The zero-order valence-electron chi connectivity index (χ0n) is 14.0. The second-order valence-corrected chi connectivity index (χ2v) is 6.46. The molecule has 0 radical (unpaired) electrons. The van der Waals surface area contributed by atoms with Crippen molar-refractivity contribution in [1.82, 2.24) is 14.8 Å². The number of aromatic nitrogens is 3. The van der Waals surface area contributed by atoms with Crippen LogP contribution >= 0.6 is 11.8 Å². The van der Waals surface area contributed by atoms with E-state index in [-0.39, 0.29) is 11.7 Å². The third kappa shape index (κ3) is 5.49. The lowest BCUT2D eigenvalue weighted by Crippen LogP contribution is -2.11. The van der Waals surface area contributed by atoms with Crippen molar-refractivity contribution in [3.05, 3.63) is 36.2 Å². The maximum absolute atomic E-state index is 12.2. The standard InChI is InChI=1S/C17H22N4O2S/c1-3-4-5-6-16(23)19-14-9-7-13(8-10-14)15(22)11-24-17-20-18-12-21(17)2/h7-10,12H,3-6,11H2,1-2H3,(H,19,23). The van der Waals surface area contributed by atoms with Crippen LogP contribution in [0.1, 0.15) is 43.0 Å². The van der Waals surface area contributed by atoms with E-state index in [1.165, 1.54) is 11.8 Å². The Morgan fingerprint density at radius 3 is 2.58 bits per heavy atom. The molecule has 0 atom stereocenters. The molecule has 0 fully saturated rings. The van der Waals surface area contributed by atoms with Gasteiger partial charge in [-0.05, 0) is 30.7 Å². The lowest BCUT2D eigenvalue weighted by Gasteiger charge is -2.06. The summed E-state index contributed by atoms with van der Waals surface area (Å²) in [5.41, 5.74) is 1.34. The lowest BCUT2D eigenvalue weighted by atomic mass is 10.1. The number of nitrogens with one attached hydrogen (secondary N) is 1. The number of carbonyl (C=O) groups excluding carboxylic acids is 2. The molecule has 0 saturated carbocycles. The Hall–Kier alpha value is -2.15. The number of rotatable bonds is 9. The molecule has 0 aliphatic rings. The van der Waals surface area contributed by atoms with Gasteiger partial charge >= 0.3 is 0 Å². The van der Waals surface area contributed by atoms with Crippen LogP contribution in [0.25, 0.3) is 0 Å². The quantitative estimate of drug-likeness (QED) is 0.428. The van der Waals surface area contributed by atoms with E-state index in [4.69, 9.17) is 0 Å². The fourth-order valence-corrected chi connectivity index (χ4v) is 2.90. The van der Waals surface area contributed by atoms with E-state index in [2.05, 4.69) is 22.4 Å². The molecule has 7 heteroatoms. The number of Topliss-reactive ketones (excluding diaryl/α,β-unsaturated/α-hetero) is 1. The number of benzene rings is 1. The van der Waals surface area contributed by atoms with Crippen molar-refractivity contribution in [2.75, 3.05) is 11.1 Å². The van der Waals surface area contributed by atoms with Gasteiger partial charge in [0, 0.05) is 24.7 Å². The van der Waals surface area contributed by atoms with Gasteiger partial charge in [-0.25, -0.2) is 0 Å². The topological polar surface area (TPSA) is 76.9 Å². The summed E-state index contributed by atoms with van der Waals surface area (Å²) in [5, 5.41) is 11.3. The number of nitrogens with zero attached hydrogens (tertiary/aromatic N) is 3. The van der Waals surface area contributed by atoms with Gasteiger partial charge in [0.05, 0.1) is 5.75 Å². The highest BCUT2D eigenvalue weighted by Gasteiger charge is 2.10. The van der Waals surface area contributed by atoms with Gasteiger partial charge < -0.3 is 9.88 Å². The van der Waals surface area contributed by atoms with Crippen LogP contribution in [-0.4, -0.2) is 32.2 Å². The average Bonchev–Trinajstić information content (AvgIpc) is 2.98. The number of aryl methyl sites for hydroxylation is 1. The Balaban J connectivity index is 1.83. The molecule has 1 heterocycles. The molecule has 1 aromatic carbocycles. The minimum Gasteiger partial charge on any atom is -0.326 e. The van der Waals surface area contributed by atoms with Crippen LogP contribution in [-0.2, 0) is 11.8 Å². The first kappa shape index (κ1) is 18.2. The summed E-state index contributed by atoms with van der Waals surface area (Å²) < 4.78 is 1.77. The highest BCUT2D eigenvalue weighted by atomic mass is 32.2. The normalized spacial score (nSPS) is 10.6. The van der Waals surface area contributed by atoms with Crippen molar-refractivity contribution < 1.29 is 9.59 Å².